The number of fused-ring (bicyclic) bond motifs is 1. The smallest absolute Gasteiger partial charge is 0.310 e. The highest BCUT2D eigenvalue weighted by Gasteiger charge is 2.39. The fraction of sp³-hybridized carbons (Fsp3) is 0.333. The van der Waals surface area contributed by atoms with E-state index in [0.717, 1.165) is 11.1 Å². The molecule has 3 aromatic rings. The molecule has 0 radical (unpaired) electrons. The number of aromatic nitrogens is 1. The number of benzene rings is 2. The molecular weight excluding hydrogens is 451 g/mol. The number of hydrogen-bond donors (Lipinski definition) is 2. The van der Waals surface area contributed by atoms with Crippen LogP contribution < -0.4 is 5.32 Å². The first-order valence-corrected chi connectivity index (χ1v) is 11.2. The molecule has 2 heterocycles. The van der Waals surface area contributed by atoms with E-state index in [9.17, 15) is 14.7 Å². The van der Waals surface area contributed by atoms with Gasteiger partial charge in [0, 0.05) is 31.0 Å². The van der Waals surface area contributed by atoms with Crippen LogP contribution in [0.3, 0.4) is 0 Å². The first-order chi connectivity index (χ1) is 15.3. The summed E-state index contributed by atoms with van der Waals surface area (Å²) in [6.45, 7) is 2.65. The summed E-state index contributed by atoms with van der Waals surface area (Å²) in [5, 5.41) is 14.3. The Labute approximate surface area is 196 Å². The van der Waals surface area contributed by atoms with Gasteiger partial charge in [-0.15, -0.1) is 0 Å². The number of nitrogens with zero attached hydrogens (tertiary/aromatic N) is 1. The third-order valence-electron chi connectivity index (χ3n) is 6.27. The van der Waals surface area contributed by atoms with E-state index in [1.807, 2.05) is 37.3 Å². The Bertz CT molecular complexity index is 1200. The molecule has 8 heteroatoms. The van der Waals surface area contributed by atoms with Gasteiger partial charge in [0.15, 0.2) is 0 Å². The lowest BCUT2D eigenvalue weighted by Gasteiger charge is -2.30. The number of halogens is 2. The lowest BCUT2D eigenvalue weighted by Crippen LogP contribution is -2.47. The predicted molar refractivity (Wildman–Crippen MR) is 125 cm³/mol. The summed E-state index contributed by atoms with van der Waals surface area (Å²) < 4.78 is 7.46. The Morgan fingerprint density at radius 2 is 2.03 bits per heavy atom. The van der Waals surface area contributed by atoms with Crippen molar-refractivity contribution < 1.29 is 19.4 Å². The molecule has 32 heavy (non-hydrogen) atoms. The van der Waals surface area contributed by atoms with Crippen LogP contribution in [0.5, 0.6) is 0 Å². The molecule has 1 fully saturated rings. The van der Waals surface area contributed by atoms with Crippen LogP contribution in [-0.2, 0) is 22.1 Å². The van der Waals surface area contributed by atoms with Crippen molar-refractivity contribution in [1.29, 1.82) is 0 Å². The van der Waals surface area contributed by atoms with Gasteiger partial charge in [-0.2, -0.15) is 0 Å². The summed E-state index contributed by atoms with van der Waals surface area (Å²) in [6.07, 6.45) is 1.07. The minimum absolute atomic E-state index is 0.267. The highest BCUT2D eigenvalue weighted by atomic mass is 35.5. The molecule has 0 bridgehead atoms. The van der Waals surface area contributed by atoms with Crippen LogP contribution in [0.4, 0.5) is 0 Å². The summed E-state index contributed by atoms with van der Waals surface area (Å²) in [5.74, 6) is -1.73. The number of aliphatic carboxylic acids is 1. The zero-order valence-electron chi connectivity index (χ0n) is 17.8. The van der Waals surface area contributed by atoms with Crippen LogP contribution in [0.1, 0.15) is 47.3 Å². The number of rotatable bonds is 6. The number of carbonyl (C=O) groups is 2. The molecular formula is C24H24Cl2N2O4. The van der Waals surface area contributed by atoms with Gasteiger partial charge < -0.3 is 19.7 Å². The summed E-state index contributed by atoms with van der Waals surface area (Å²) in [4.78, 5) is 25.1. The van der Waals surface area contributed by atoms with Gasteiger partial charge in [-0.05, 0) is 35.7 Å². The van der Waals surface area contributed by atoms with Gasteiger partial charge >= 0.3 is 5.97 Å². The molecule has 0 spiro atoms. The Hall–Kier alpha value is -2.54. The van der Waals surface area contributed by atoms with Crippen molar-refractivity contribution in [3.8, 4) is 0 Å². The second kappa shape index (κ2) is 8.77. The van der Waals surface area contributed by atoms with Crippen LogP contribution in [0.25, 0.3) is 10.9 Å². The largest absolute Gasteiger partial charge is 0.481 e. The molecule has 1 aromatic heterocycles. The number of aryl methyl sites for hydroxylation is 1. The Kier molecular flexibility index (Phi) is 6.21. The molecule has 1 amide bonds. The molecule has 0 aliphatic carbocycles. The molecule has 2 unspecified atom stereocenters. The minimum Gasteiger partial charge on any atom is -0.481 e. The van der Waals surface area contributed by atoms with E-state index in [1.165, 1.54) is 0 Å². The second-order valence-electron chi connectivity index (χ2n) is 8.15. The van der Waals surface area contributed by atoms with Gasteiger partial charge in [0.05, 0.1) is 28.1 Å². The predicted octanol–water partition coefficient (Wildman–Crippen LogP) is 5.11. The van der Waals surface area contributed by atoms with E-state index in [1.54, 1.807) is 23.7 Å². The van der Waals surface area contributed by atoms with Gasteiger partial charge in [-0.25, -0.2) is 0 Å². The van der Waals surface area contributed by atoms with Gasteiger partial charge in [-0.1, -0.05) is 54.4 Å². The molecule has 2 aromatic carbocycles. The fourth-order valence-electron chi connectivity index (χ4n) is 4.42. The van der Waals surface area contributed by atoms with Crippen LogP contribution in [0.15, 0.2) is 42.5 Å². The number of amides is 1. The monoisotopic (exact) mass is 474 g/mol. The SMILES string of the molecule is CCC(C(=O)O)c1cccc(C2(NC(=O)c3cc4c(Cl)c(Cl)ccc4n3C)CCOC2)c1. The van der Waals surface area contributed by atoms with Gasteiger partial charge in [-0.3, -0.25) is 9.59 Å². The van der Waals surface area contributed by atoms with Crippen LogP contribution in [0, 0.1) is 0 Å². The van der Waals surface area contributed by atoms with Crippen LogP contribution in [0.2, 0.25) is 10.0 Å². The summed E-state index contributed by atoms with van der Waals surface area (Å²) in [7, 11) is 1.80. The maximum absolute atomic E-state index is 13.4. The summed E-state index contributed by atoms with van der Waals surface area (Å²) >= 11 is 12.5. The molecule has 168 valence electrons. The normalized spacial score (nSPS) is 19.2. The highest BCUT2D eigenvalue weighted by molar-refractivity contribution is 6.45. The van der Waals surface area contributed by atoms with E-state index >= 15 is 0 Å². The van der Waals surface area contributed by atoms with Gasteiger partial charge in [0.25, 0.3) is 5.91 Å². The first kappa shape index (κ1) is 22.6. The van der Waals surface area contributed by atoms with Crippen molar-refractivity contribution >= 4 is 46.0 Å². The van der Waals surface area contributed by atoms with E-state index in [4.69, 9.17) is 27.9 Å². The lowest BCUT2D eigenvalue weighted by atomic mass is 9.85. The Balaban J connectivity index is 1.71. The van der Waals surface area contributed by atoms with Crippen molar-refractivity contribution in [2.24, 2.45) is 7.05 Å². The van der Waals surface area contributed by atoms with Crippen molar-refractivity contribution in [3.63, 3.8) is 0 Å². The Morgan fingerprint density at radius 1 is 1.25 bits per heavy atom. The highest BCUT2D eigenvalue weighted by Crippen LogP contribution is 2.35. The van der Waals surface area contributed by atoms with Gasteiger partial charge in [0.1, 0.15) is 5.69 Å². The zero-order valence-corrected chi connectivity index (χ0v) is 19.3. The maximum Gasteiger partial charge on any atom is 0.310 e. The van der Waals surface area contributed by atoms with Crippen molar-refractivity contribution in [1.82, 2.24) is 9.88 Å². The molecule has 0 saturated carbocycles. The first-order valence-electron chi connectivity index (χ1n) is 10.4. The minimum atomic E-state index is -0.864. The van der Waals surface area contributed by atoms with E-state index in [2.05, 4.69) is 5.32 Å². The summed E-state index contributed by atoms with van der Waals surface area (Å²) in [5.41, 5.74) is 2.05. The molecule has 1 aliphatic rings. The van der Waals surface area contributed by atoms with E-state index in [0.29, 0.717) is 52.7 Å². The van der Waals surface area contributed by atoms with E-state index < -0.39 is 17.4 Å². The zero-order chi connectivity index (χ0) is 23.0. The quantitative estimate of drug-likeness (QED) is 0.520. The average molecular weight is 475 g/mol. The standard InChI is InChI=1S/C24H24Cl2N2O4/c1-3-16(23(30)31)14-5-4-6-15(11-14)24(9-10-32-13-24)27-22(29)20-12-17-19(28(20)2)8-7-18(25)21(17)26/h4-8,11-12,16H,3,9-10,13H2,1-2H3,(H,27,29)(H,30,31). The maximum atomic E-state index is 13.4. The molecule has 1 aliphatic heterocycles. The number of carbonyl (C=O) groups excluding carboxylic acids is 1. The lowest BCUT2D eigenvalue weighted by molar-refractivity contribution is -0.138. The summed E-state index contributed by atoms with van der Waals surface area (Å²) in [6, 6.07) is 12.7. The van der Waals surface area contributed by atoms with Gasteiger partial charge in [0.2, 0.25) is 0 Å². The third kappa shape index (κ3) is 3.87. The van der Waals surface area contributed by atoms with Crippen molar-refractivity contribution in [2.75, 3.05) is 13.2 Å². The Morgan fingerprint density at radius 3 is 2.69 bits per heavy atom. The number of nitrogens with one attached hydrogen (secondary N) is 1. The molecule has 1 saturated heterocycles. The molecule has 2 N–H and O–H groups in total. The van der Waals surface area contributed by atoms with Crippen LogP contribution in [-0.4, -0.2) is 34.8 Å². The molecule has 2 atom stereocenters. The molecule has 6 nitrogen and oxygen atoms in total. The van der Waals surface area contributed by atoms with Crippen LogP contribution >= 0.6 is 23.2 Å². The van der Waals surface area contributed by atoms with E-state index in [-0.39, 0.29) is 5.91 Å². The number of hydrogen-bond acceptors (Lipinski definition) is 3. The fourth-order valence-corrected chi connectivity index (χ4v) is 4.80. The second-order valence-corrected chi connectivity index (χ2v) is 8.93. The van der Waals surface area contributed by atoms with Crippen molar-refractivity contribution in [3.05, 3.63) is 69.3 Å². The topological polar surface area (TPSA) is 80.6 Å². The van der Waals surface area contributed by atoms with Crippen molar-refractivity contribution in [2.45, 2.75) is 31.2 Å². The average Bonchev–Trinajstić information content (AvgIpc) is 3.37. The third-order valence-corrected chi connectivity index (χ3v) is 7.09. The molecule has 4 rings (SSSR count). The number of ether oxygens (including phenoxy) is 1. The number of carboxylic acid groups (broad SMARTS) is 1. The number of carboxylic acids is 1.